The Morgan fingerprint density at radius 1 is 0.677 bits per heavy atom. The number of hydrogen-bond donors (Lipinski definition) is 4. The first-order chi connectivity index (χ1) is 15.1. The van der Waals surface area contributed by atoms with Crippen LogP contribution in [0, 0.1) is 0 Å². The van der Waals surface area contributed by atoms with E-state index < -0.39 is 18.2 Å². The van der Waals surface area contributed by atoms with Crippen LogP contribution in [0.5, 0.6) is 0 Å². The number of aliphatic hydroxyl groups excluding tert-OH is 3. The Labute approximate surface area is 192 Å². The molecule has 0 radical (unpaired) electrons. The molecule has 0 heterocycles. The second-order valence-electron chi connectivity index (χ2n) is 9.26. The third kappa shape index (κ3) is 18.6. The summed E-state index contributed by atoms with van der Waals surface area (Å²) >= 11 is 0. The average Bonchev–Trinajstić information content (AvgIpc) is 2.77. The SMILES string of the molecule is CCCCCCCCCCCCCC[C@@H](O)C(O)[C@H](CO)NC(=O)CCCCCCC. The highest BCUT2D eigenvalue weighted by atomic mass is 16.3. The van der Waals surface area contributed by atoms with Crippen molar-refractivity contribution >= 4 is 5.91 Å². The van der Waals surface area contributed by atoms with Crippen molar-refractivity contribution in [2.45, 2.75) is 154 Å². The summed E-state index contributed by atoms with van der Waals surface area (Å²) in [5.41, 5.74) is 0. The Morgan fingerprint density at radius 2 is 1.10 bits per heavy atom. The Kier molecular flexibility index (Phi) is 22.1. The molecule has 1 amide bonds. The molecule has 0 spiro atoms. The van der Waals surface area contributed by atoms with Crippen molar-refractivity contribution in [3.05, 3.63) is 0 Å². The van der Waals surface area contributed by atoms with Gasteiger partial charge in [-0.05, 0) is 12.8 Å². The molecule has 5 heteroatoms. The molecule has 0 saturated carbocycles. The maximum atomic E-state index is 12.0. The van der Waals surface area contributed by atoms with E-state index in [1.807, 2.05) is 0 Å². The molecule has 4 N–H and O–H groups in total. The predicted molar refractivity (Wildman–Crippen MR) is 130 cm³/mol. The lowest BCUT2D eigenvalue weighted by Gasteiger charge is -2.26. The Bertz CT molecular complexity index is 392. The summed E-state index contributed by atoms with van der Waals surface area (Å²) in [7, 11) is 0. The normalized spacial score (nSPS) is 14.4. The number of aliphatic hydroxyl groups is 3. The van der Waals surface area contributed by atoms with E-state index in [9.17, 15) is 20.1 Å². The molecular weight excluding hydrogens is 390 g/mol. The molecule has 5 nitrogen and oxygen atoms in total. The highest BCUT2D eigenvalue weighted by Gasteiger charge is 2.26. The maximum absolute atomic E-state index is 12.0. The minimum atomic E-state index is -1.12. The van der Waals surface area contributed by atoms with Crippen LogP contribution in [-0.4, -0.2) is 46.1 Å². The van der Waals surface area contributed by atoms with Crippen LogP contribution in [0.15, 0.2) is 0 Å². The van der Waals surface area contributed by atoms with Crippen molar-refractivity contribution in [3.63, 3.8) is 0 Å². The summed E-state index contributed by atoms with van der Waals surface area (Å²) in [4.78, 5) is 12.0. The topological polar surface area (TPSA) is 89.8 Å². The Hall–Kier alpha value is -0.650. The van der Waals surface area contributed by atoms with Crippen LogP contribution >= 0.6 is 0 Å². The van der Waals surface area contributed by atoms with Gasteiger partial charge in [0.1, 0.15) is 6.10 Å². The highest BCUT2D eigenvalue weighted by molar-refractivity contribution is 5.76. The van der Waals surface area contributed by atoms with E-state index in [1.54, 1.807) is 0 Å². The summed E-state index contributed by atoms with van der Waals surface area (Å²) in [5, 5.41) is 32.8. The summed E-state index contributed by atoms with van der Waals surface area (Å²) in [6.07, 6.45) is 19.3. The molecule has 0 aliphatic heterocycles. The standard InChI is InChI=1S/C26H53NO4/c1-3-5-7-9-10-11-12-13-14-15-17-18-20-24(29)26(31)23(22-28)27-25(30)21-19-16-8-6-4-2/h23-24,26,28-29,31H,3-22H2,1-2H3,(H,27,30)/t23-,24+,26?/m0/s1. The molecule has 0 aromatic carbocycles. The van der Waals surface area contributed by atoms with Crippen LogP contribution in [0.4, 0.5) is 0 Å². The number of unbranched alkanes of at least 4 members (excludes halogenated alkanes) is 15. The summed E-state index contributed by atoms with van der Waals surface area (Å²) < 4.78 is 0. The number of amides is 1. The lowest BCUT2D eigenvalue weighted by molar-refractivity contribution is -0.124. The first-order valence-corrected chi connectivity index (χ1v) is 13.3. The maximum Gasteiger partial charge on any atom is 0.220 e. The molecule has 3 atom stereocenters. The molecule has 0 rings (SSSR count). The summed E-state index contributed by atoms with van der Waals surface area (Å²) in [5.74, 6) is -0.160. The van der Waals surface area contributed by atoms with Crippen molar-refractivity contribution in [2.24, 2.45) is 0 Å². The molecule has 31 heavy (non-hydrogen) atoms. The van der Waals surface area contributed by atoms with E-state index in [0.717, 1.165) is 38.5 Å². The zero-order chi connectivity index (χ0) is 23.2. The van der Waals surface area contributed by atoms with Crippen molar-refractivity contribution in [3.8, 4) is 0 Å². The van der Waals surface area contributed by atoms with E-state index in [2.05, 4.69) is 19.2 Å². The van der Waals surface area contributed by atoms with Crippen LogP contribution in [-0.2, 0) is 4.79 Å². The molecule has 0 fully saturated rings. The predicted octanol–water partition coefficient (Wildman–Crippen LogP) is 5.64. The largest absolute Gasteiger partial charge is 0.394 e. The molecule has 0 aromatic rings. The van der Waals surface area contributed by atoms with Crippen LogP contribution in [0.2, 0.25) is 0 Å². The van der Waals surface area contributed by atoms with Gasteiger partial charge in [0.25, 0.3) is 0 Å². The molecule has 0 aliphatic carbocycles. The molecular formula is C26H53NO4. The zero-order valence-corrected chi connectivity index (χ0v) is 20.6. The average molecular weight is 444 g/mol. The third-order valence-corrected chi connectivity index (χ3v) is 6.21. The van der Waals surface area contributed by atoms with Gasteiger partial charge in [-0.15, -0.1) is 0 Å². The monoisotopic (exact) mass is 443 g/mol. The van der Waals surface area contributed by atoms with Gasteiger partial charge in [-0.3, -0.25) is 4.79 Å². The van der Waals surface area contributed by atoms with E-state index in [1.165, 1.54) is 70.6 Å². The van der Waals surface area contributed by atoms with Gasteiger partial charge in [-0.2, -0.15) is 0 Å². The zero-order valence-electron chi connectivity index (χ0n) is 20.6. The number of carbonyl (C=O) groups is 1. The number of carbonyl (C=O) groups excluding carboxylic acids is 1. The fourth-order valence-corrected chi connectivity index (χ4v) is 4.04. The highest BCUT2D eigenvalue weighted by Crippen LogP contribution is 2.15. The minimum Gasteiger partial charge on any atom is -0.394 e. The molecule has 0 aromatic heterocycles. The van der Waals surface area contributed by atoms with Crippen LogP contribution in [0.25, 0.3) is 0 Å². The van der Waals surface area contributed by atoms with E-state index in [0.29, 0.717) is 12.8 Å². The summed E-state index contributed by atoms with van der Waals surface area (Å²) in [6, 6.07) is -0.796. The fourth-order valence-electron chi connectivity index (χ4n) is 4.04. The molecule has 186 valence electrons. The first-order valence-electron chi connectivity index (χ1n) is 13.3. The van der Waals surface area contributed by atoms with E-state index in [-0.39, 0.29) is 12.5 Å². The molecule has 0 bridgehead atoms. The van der Waals surface area contributed by atoms with Gasteiger partial charge in [-0.1, -0.05) is 117 Å². The van der Waals surface area contributed by atoms with Crippen LogP contribution in [0.1, 0.15) is 136 Å². The van der Waals surface area contributed by atoms with E-state index in [4.69, 9.17) is 0 Å². The smallest absolute Gasteiger partial charge is 0.220 e. The van der Waals surface area contributed by atoms with Crippen LogP contribution in [0.3, 0.4) is 0 Å². The van der Waals surface area contributed by atoms with Gasteiger partial charge in [-0.25, -0.2) is 0 Å². The Morgan fingerprint density at radius 3 is 1.55 bits per heavy atom. The Balaban J connectivity index is 3.76. The first kappa shape index (κ1) is 30.4. The van der Waals surface area contributed by atoms with Crippen molar-refractivity contribution in [1.82, 2.24) is 5.32 Å². The number of hydrogen-bond acceptors (Lipinski definition) is 4. The van der Waals surface area contributed by atoms with Crippen molar-refractivity contribution in [1.29, 1.82) is 0 Å². The van der Waals surface area contributed by atoms with Gasteiger partial charge < -0.3 is 20.6 Å². The lowest BCUT2D eigenvalue weighted by Crippen LogP contribution is -2.50. The summed E-state index contributed by atoms with van der Waals surface area (Å²) in [6.45, 7) is 4.04. The van der Waals surface area contributed by atoms with Gasteiger partial charge in [0.2, 0.25) is 5.91 Å². The molecule has 0 saturated heterocycles. The number of rotatable bonds is 23. The van der Waals surface area contributed by atoms with Gasteiger partial charge in [0, 0.05) is 6.42 Å². The quantitative estimate of drug-likeness (QED) is 0.154. The molecule has 0 aliphatic rings. The second-order valence-corrected chi connectivity index (χ2v) is 9.26. The van der Waals surface area contributed by atoms with Gasteiger partial charge >= 0.3 is 0 Å². The molecule has 1 unspecified atom stereocenters. The lowest BCUT2D eigenvalue weighted by atomic mass is 9.99. The van der Waals surface area contributed by atoms with Crippen molar-refractivity contribution < 1.29 is 20.1 Å². The van der Waals surface area contributed by atoms with Crippen molar-refractivity contribution in [2.75, 3.05) is 6.61 Å². The van der Waals surface area contributed by atoms with E-state index >= 15 is 0 Å². The van der Waals surface area contributed by atoms with Crippen LogP contribution < -0.4 is 5.32 Å². The fraction of sp³-hybridized carbons (Fsp3) is 0.962. The second kappa shape index (κ2) is 22.5. The minimum absolute atomic E-state index is 0.160. The van der Waals surface area contributed by atoms with Gasteiger partial charge in [0.15, 0.2) is 0 Å². The third-order valence-electron chi connectivity index (χ3n) is 6.21. The van der Waals surface area contributed by atoms with Gasteiger partial charge in [0.05, 0.1) is 18.8 Å². The number of nitrogens with one attached hydrogen (secondary N) is 1.